The Morgan fingerprint density at radius 1 is 1.03 bits per heavy atom. The number of aryl methyl sites for hydroxylation is 1. The number of sulfonamides is 1. The minimum Gasteiger partial charge on any atom is -0.497 e. The summed E-state index contributed by atoms with van der Waals surface area (Å²) in [5.74, 6) is -1.62. The van der Waals surface area contributed by atoms with Crippen molar-refractivity contribution in [3.8, 4) is 5.75 Å². The van der Waals surface area contributed by atoms with Crippen LogP contribution in [-0.2, 0) is 14.8 Å². The van der Waals surface area contributed by atoms with Crippen molar-refractivity contribution in [2.45, 2.75) is 30.6 Å². The topological polar surface area (TPSA) is 66.9 Å². The van der Waals surface area contributed by atoms with E-state index in [2.05, 4.69) is 0 Å². The van der Waals surface area contributed by atoms with Crippen molar-refractivity contribution in [1.29, 1.82) is 0 Å². The first kappa shape index (κ1) is 22.1. The Morgan fingerprint density at radius 3 is 2.17 bits per heavy atom. The van der Waals surface area contributed by atoms with Crippen LogP contribution in [0.15, 0.2) is 53.4 Å². The van der Waals surface area contributed by atoms with Gasteiger partial charge in [0.2, 0.25) is 10.0 Å². The van der Waals surface area contributed by atoms with Gasteiger partial charge in [-0.05, 0) is 43.2 Å². The van der Waals surface area contributed by atoms with Crippen LogP contribution >= 0.6 is 0 Å². The molecule has 2 aromatic carbocycles. The Balaban J connectivity index is 2.11. The minimum absolute atomic E-state index is 0.0193. The molecule has 0 bridgehead atoms. The van der Waals surface area contributed by atoms with Gasteiger partial charge < -0.3 is 9.64 Å². The lowest BCUT2D eigenvalue weighted by atomic mass is 10.1. The predicted molar refractivity (Wildman–Crippen MR) is 103 cm³/mol. The van der Waals surface area contributed by atoms with E-state index in [0.717, 1.165) is 9.87 Å². The molecule has 0 radical (unpaired) electrons. The van der Waals surface area contributed by atoms with Crippen molar-refractivity contribution in [3.05, 3.63) is 59.7 Å². The SMILES string of the molecule is COc1ccc([C@@H]2N(C(=O)C(F)(F)F)CCCN2S(=O)(=O)c2ccc(C)cc2)cc1. The fourth-order valence-corrected chi connectivity index (χ4v) is 5.01. The first-order chi connectivity index (χ1) is 14.1. The maximum absolute atomic E-state index is 13.3. The summed E-state index contributed by atoms with van der Waals surface area (Å²) in [7, 11) is -2.73. The summed E-state index contributed by atoms with van der Waals surface area (Å²) in [4.78, 5) is 12.7. The van der Waals surface area contributed by atoms with Crippen LogP contribution in [0.1, 0.15) is 23.7 Å². The number of carbonyl (C=O) groups excluding carboxylic acids is 1. The van der Waals surface area contributed by atoms with Gasteiger partial charge in [0.25, 0.3) is 0 Å². The number of alkyl halides is 3. The lowest BCUT2D eigenvalue weighted by molar-refractivity contribution is -0.192. The maximum Gasteiger partial charge on any atom is 0.471 e. The maximum atomic E-state index is 13.3. The van der Waals surface area contributed by atoms with Crippen molar-refractivity contribution < 1.29 is 31.1 Å². The standard InChI is InChI=1S/C20H21F3N2O4S/c1-14-4-10-17(11-5-14)30(27,28)25-13-3-12-24(19(26)20(21,22)23)18(25)15-6-8-16(29-2)9-7-15/h4-11,18H,3,12-13H2,1-2H3/t18-/m1/s1. The second-order valence-electron chi connectivity index (χ2n) is 6.93. The second kappa shape index (κ2) is 8.27. The zero-order chi connectivity index (χ0) is 22.1. The Bertz CT molecular complexity index is 1010. The number of hydrogen-bond donors (Lipinski definition) is 0. The van der Waals surface area contributed by atoms with Gasteiger partial charge in [-0.25, -0.2) is 8.42 Å². The summed E-state index contributed by atoms with van der Waals surface area (Å²) in [6.45, 7) is 1.56. The lowest BCUT2D eigenvalue weighted by Gasteiger charge is -2.43. The van der Waals surface area contributed by atoms with Crippen LogP contribution in [0.2, 0.25) is 0 Å². The molecule has 1 amide bonds. The molecule has 2 aromatic rings. The third kappa shape index (κ3) is 4.29. The molecule has 3 rings (SSSR count). The molecular weight excluding hydrogens is 421 g/mol. The number of benzene rings is 2. The monoisotopic (exact) mass is 442 g/mol. The van der Waals surface area contributed by atoms with E-state index in [0.29, 0.717) is 10.6 Å². The Labute approximate surface area is 172 Å². The van der Waals surface area contributed by atoms with Crippen LogP contribution in [0.4, 0.5) is 13.2 Å². The highest BCUT2D eigenvalue weighted by Gasteiger charge is 2.49. The van der Waals surface area contributed by atoms with E-state index in [4.69, 9.17) is 4.74 Å². The number of carbonyl (C=O) groups is 1. The van der Waals surface area contributed by atoms with E-state index < -0.39 is 28.3 Å². The summed E-state index contributed by atoms with van der Waals surface area (Å²) in [6, 6.07) is 12.0. The van der Waals surface area contributed by atoms with E-state index in [1.807, 2.05) is 0 Å². The Hall–Kier alpha value is -2.59. The minimum atomic E-state index is -5.12. The van der Waals surface area contributed by atoms with E-state index >= 15 is 0 Å². The van der Waals surface area contributed by atoms with Gasteiger partial charge in [-0.15, -0.1) is 0 Å². The third-order valence-electron chi connectivity index (χ3n) is 4.89. The third-order valence-corrected chi connectivity index (χ3v) is 6.76. The van der Waals surface area contributed by atoms with E-state index in [1.165, 1.54) is 43.5 Å². The number of methoxy groups -OCH3 is 1. The highest BCUT2D eigenvalue weighted by Crippen LogP contribution is 2.37. The molecule has 162 valence electrons. The van der Waals surface area contributed by atoms with Crippen molar-refractivity contribution in [2.24, 2.45) is 0 Å². The molecule has 0 saturated carbocycles. The fraction of sp³-hybridized carbons (Fsp3) is 0.350. The van der Waals surface area contributed by atoms with Crippen LogP contribution in [0.5, 0.6) is 5.75 Å². The summed E-state index contributed by atoms with van der Waals surface area (Å²) >= 11 is 0. The van der Waals surface area contributed by atoms with Crippen molar-refractivity contribution in [3.63, 3.8) is 0 Å². The van der Waals surface area contributed by atoms with Crippen LogP contribution < -0.4 is 4.74 Å². The molecule has 0 unspecified atom stereocenters. The number of hydrogen-bond acceptors (Lipinski definition) is 4. The van der Waals surface area contributed by atoms with Gasteiger partial charge in [0.1, 0.15) is 11.9 Å². The van der Waals surface area contributed by atoms with Gasteiger partial charge in [0, 0.05) is 13.1 Å². The normalized spacial score (nSPS) is 18.3. The molecule has 1 aliphatic rings. The number of ether oxygens (including phenoxy) is 1. The summed E-state index contributed by atoms with van der Waals surface area (Å²) in [5, 5.41) is 0. The van der Waals surface area contributed by atoms with Gasteiger partial charge in [-0.1, -0.05) is 29.8 Å². The zero-order valence-electron chi connectivity index (χ0n) is 16.4. The van der Waals surface area contributed by atoms with Gasteiger partial charge >= 0.3 is 12.1 Å². The van der Waals surface area contributed by atoms with E-state index in [9.17, 15) is 26.4 Å². The van der Waals surface area contributed by atoms with Crippen LogP contribution in [0.25, 0.3) is 0 Å². The number of rotatable bonds is 4. The molecule has 0 N–H and O–H groups in total. The molecular formula is C20H21F3N2O4S. The van der Waals surface area contributed by atoms with Crippen molar-refractivity contribution in [1.82, 2.24) is 9.21 Å². The average molecular weight is 442 g/mol. The molecule has 0 aromatic heterocycles. The molecule has 0 spiro atoms. The average Bonchev–Trinajstić information content (AvgIpc) is 2.72. The number of halogens is 3. The molecule has 1 aliphatic heterocycles. The first-order valence-electron chi connectivity index (χ1n) is 9.16. The Kier molecular flexibility index (Phi) is 6.09. The quantitative estimate of drug-likeness (QED) is 0.727. The second-order valence-corrected chi connectivity index (χ2v) is 8.82. The molecule has 0 aliphatic carbocycles. The zero-order valence-corrected chi connectivity index (χ0v) is 17.2. The van der Waals surface area contributed by atoms with E-state index in [1.54, 1.807) is 19.1 Å². The highest BCUT2D eigenvalue weighted by molar-refractivity contribution is 7.89. The summed E-state index contributed by atoms with van der Waals surface area (Å²) in [5.41, 5.74) is 1.08. The fourth-order valence-electron chi connectivity index (χ4n) is 3.39. The summed E-state index contributed by atoms with van der Waals surface area (Å²) in [6.07, 6.45) is -6.47. The molecule has 1 atom stereocenters. The molecule has 1 heterocycles. The van der Waals surface area contributed by atoms with Gasteiger partial charge in [0.15, 0.2) is 0 Å². The van der Waals surface area contributed by atoms with Gasteiger partial charge in [-0.2, -0.15) is 17.5 Å². The summed E-state index contributed by atoms with van der Waals surface area (Å²) < 4.78 is 72.4. The highest BCUT2D eigenvalue weighted by atomic mass is 32.2. The predicted octanol–water partition coefficient (Wildman–Crippen LogP) is 3.49. The van der Waals surface area contributed by atoms with Crippen LogP contribution in [0.3, 0.4) is 0 Å². The van der Waals surface area contributed by atoms with Gasteiger partial charge in [0.05, 0.1) is 12.0 Å². The molecule has 30 heavy (non-hydrogen) atoms. The van der Waals surface area contributed by atoms with Crippen molar-refractivity contribution in [2.75, 3.05) is 20.2 Å². The van der Waals surface area contributed by atoms with E-state index in [-0.39, 0.29) is 30.0 Å². The van der Waals surface area contributed by atoms with Crippen molar-refractivity contribution >= 4 is 15.9 Å². The smallest absolute Gasteiger partial charge is 0.471 e. The molecule has 1 fully saturated rings. The largest absolute Gasteiger partial charge is 0.497 e. The molecule has 10 heteroatoms. The number of nitrogens with zero attached hydrogens (tertiary/aromatic N) is 2. The van der Waals surface area contributed by atoms with Crippen LogP contribution in [0, 0.1) is 6.92 Å². The Morgan fingerprint density at radius 2 is 1.63 bits per heavy atom. The van der Waals surface area contributed by atoms with Gasteiger partial charge in [-0.3, -0.25) is 4.79 Å². The lowest BCUT2D eigenvalue weighted by Crippen LogP contribution is -2.55. The molecule has 6 nitrogen and oxygen atoms in total. The van der Waals surface area contributed by atoms with Crippen LogP contribution in [-0.4, -0.2) is 49.9 Å². The number of amides is 1. The first-order valence-corrected chi connectivity index (χ1v) is 10.6. The molecule has 1 saturated heterocycles.